The molecule has 1 saturated heterocycles. The number of halogens is 1. The highest BCUT2D eigenvalue weighted by Gasteiger charge is 2.18. The van der Waals surface area contributed by atoms with Gasteiger partial charge in [0.25, 0.3) is 0 Å². The molecule has 1 aliphatic rings. The molecule has 2 aromatic heterocycles. The first-order valence-corrected chi connectivity index (χ1v) is 6.95. The van der Waals surface area contributed by atoms with Gasteiger partial charge < -0.3 is 10.6 Å². The monoisotopic (exact) mass is 320 g/mol. The Hall–Kier alpha value is -1.69. The van der Waals surface area contributed by atoms with Crippen molar-refractivity contribution in [1.82, 2.24) is 15.3 Å². The van der Waals surface area contributed by atoms with Crippen molar-refractivity contribution in [3.8, 4) is 0 Å². The van der Waals surface area contributed by atoms with Crippen molar-refractivity contribution < 1.29 is 4.79 Å². The molecular formula is C13H13BrN4O. The summed E-state index contributed by atoms with van der Waals surface area (Å²) < 4.78 is 0.912. The van der Waals surface area contributed by atoms with Gasteiger partial charge in [0.2, 0.25) is 5.91 Å². The van der Waals surface area contributed by atoms with Gasteiger partial charge in [0.05, 0.1) is 11.2 Å². The van der Waals surface area contributed by atoms with Crippen LogP contribution in [0.5, 0.6) is 0 Å². The number of fused-ring (bicyclic) bond motifs is 1. The molecule has 6 heteroatoms. The highest BCUT2D eigenvalue weighted by molar-refractivity contribution is 9.10. The van der Waals surface area contributed by atoms with Gasteiger partial charge in [0.15, 0.2) is 0 Å². The van der Waals surface area contributed by atoms with Crippen molar-refractivity contribution in [3.63, 3.8) is 0 Å². The molecule has 0 aliphatic carbocycles. The molecule has 1 aliphatic heterocycles. The highest BCUT2D eigenvalue weighted by atomic mass is 79.9. The summed E-state index contributed by atoms with van der Waals surface area (Å²) >= 11 is 3.39. The van der Waals surface area contributed by atoms with Crippen molar-refractivity contribution in [3.05, 3.63) is 29.0 Å². The van der Waals surface area contributed by atoms with Crippen LogP contribution in [-0.2, 0) is 4.79 Å². The Morgan fingerprint density at radius 2 is 2.32 bits per heavy atom. The topological polar surface area (TPSA) is 66.9 Å². The van der Waals surface area contributed by atoms with Gasteiger partial charge >= 0.3 is 0 Å². The first-order chi connectivity index (χ1) is 9.22. The molecule has 0 radical (unpaired) electrons. The molecule has 1 atom stereocenters. The van der Waals surface area contributed by atoms with Crippen LogP contribution in [0.2, 0.25) is 0 Å². The van der Waals surface area contributed by atoms with Crippen molar-refractivity contribution in [2.24, 2.45) is 0 Å². The highest BCUT2D eigenvalue weighted by Crippen LogP contribution is 2.23. The molecule has 19 heavy (non-hydrogen) atoms. The number of nitrogens with one attached hydrogen (secondary N) is 2. The van der Waals surface area contributed by atoms with Crippen LogP contribution >= 0.6 is 15.9 Å². The maximum atomic E-state index is 11.1. The van der Waals surface area contributed by atoms with Gasteiger partial charge in [-0.05, 0) is 34.5 Å². The Kier molecular flexibility index (Phi) is 3.33. The van der Waals surface area contributed by atoms with Gasteiger partial charge in [-0.2, -0.15) is 0 Å². The summed E-state index contributed by atoms with van der Waals surface area (Å²) in [5, 5.41) is 6.30. The number of carbonyl (C=O) groups is 1. The van der Waals surface area contributed by atoms with E-state index in [1.807, 2.05) is 12.1 Å². The second-order valence-corrected chi connectivity index (χ2v) is 5.48. The van der Waals surface area contributed by atoms with Crippen LogP contribution in [0.15, 0.2) is 29.0 Å². The number of nitrogens with zero attached hydrogens (tertiary/aromatic N) is 2. The third kappa shape index (κ3) is 2.68. The lowest BCUT2D eigenvalue weighted by atomic mass is 10.1. The van der Waals surface area contributed by atoms with E-state index in [9.17, 15) is 4.79 Å². The summed E-state index contributed by atoms with van der Waals surface area (Å²) in [6.45, 7) is 0.652. The van der Waals surface area contributed by atoms with Gasteiger partial charge in [-0.15, -0.1) is 0 Å². The molecule has 0 bridgehead atoms. The molecule has 5 nitrogen and oxygen atoms in total. The number of amides is 1. The fourth-order valence-electron chi connectivity index (χ4n) is 2.20. The van der Waals surface area contributed by atoms with E-state index in [2.05, 4.69) is 36.5 Å². The quantitative estimate of drug-likeness (QED) is 0.889. The van der Waals surface area contributed by atoms with E-state index in [0.29, 0.717) is 13.0 Å². The normalized spacial score (nSPS) is 19.2. The minimum atomic E-state index is 0.125. The number of pyridine rings is 2. The summed E-state index contributed by atoms with van der Waals surface area (Å²) in [6.07, 6.45) is 4.93. The largest absolute Gasteiger partial charge is 0.379 e. The SMILES string of the molecule is O=C1CCC(Nc2ccnc3cc(Br)cnc23)CN1. The molecule has 1 unspecified atom stereocenters. The predicted molar refractivity (Wildman–Crippen MR) is 76.9 cm³/mol. The van der Waals surface area contributed by atoms with Gasteiger partial charge in [0, 0.05) is 35.9 Å². The number of rotatable bonds is 2. The minimum absolute atomic E-state index is 0.125. The third-order valence-electron chi connectivity index (χ3n) is 3.17. The van der Waals surface area contributed by atoms with Crippen LogP contribution in [0.4, 0.5) is 5.69 Å². The number of aromatic nitrogens is 2. The van der Waals surface area contributed by atoms with E-state index in [0.717, 1.165) is 27.6 Å². The number of hydrogen-bond donors (Lipinski definition) is 2. The average Bonchev–Trinajstić information content (AvgIpc) is 2.41. The van der Waals surface area contributed by atoms with E-state index in [1.54, 1.807) is 12.4 Å². The Morgan fingerprint density at radius 1 is 1.42 bits per heavy atom. The lowest BCUT2D eigenvalue weighted by molar-refractivity contribution is -0.122. The summed E-state index contributed by atoms with van der Waals surface area (Å²) in [6, 6.07) is 4.10. The Bertz CT molecular complexity index is 621. The maximum Gasteiger partial charge on any atom is 0.220 e. The summed E-state index contributed by atoms with van der Waals surface area (Å²) in [5.74, 6) is 0.125. The standard InChI is InChI=1S/C13H13BrN4O/c14-8-5-11-13(17-6-8)10(3-4-15-11)18-9-1-2-12(19)16-7-9/h3-6,9H,1-2,7H2,(H,15,18)(H,16,19). The van der Waals surface area contributed by atoms with E-state index >= 15 is 0 Å². The summed E-state index contributed by atoms with van der Waals surface area (Å²) in [7, 11) is 0. The molecule has 1 amide bonds. The molecule has 0 aromatic carbocycles. The fraction of sp³-hybridized carbons (Fsp3) is 0.308. The second kappa shape index (κ2) is 5.13. The zero-order valence-corrected chi connectivity index (χ0v) is 11.8. The Labute approximate surface area is 119 Å². The van der Waals surface area contributed by atoms with Crippen LogP contribution in [0.3, 0.4) is 0 Å². The lowest BCUT2D eigenvalue weighted by Crippen LogP contribution is -2.41. The van der Waals surface area contributed by atoms with Gasteiger partial charge in [-0.25, -0.2) is 0 Å². The summed E-state index contributed by atoms with van der Waals surface area (Å²) in [4.78, 5) is 19.9. The van der Waals surface area contributed by atoms with Gasteiger partial charge in [-0.3, -0.25) is 14.8 Å². The van der Waals surface area contributed by atoms with E-state index in [-0.39, 0.29) is 11.9 Å². The predicted octanol–water partition coefficient (Wildman–Crippen LogP) is 2.08. The smallest absolute Gasteiger partial charge is 0.220 e. The number of hydrogen-bond acceptors (Lipinski definition) is 4. The molecule has 3 rings (SSSR count). The van der Waals surface area contributed by atoms with Crippen molar-refractivity contribution in [2.45, 2.75) is 18.9 Å². The average molecular weight is 321 g/mol. The number of anilines is 1. The molecule has 3 heterocycles. The van der Waals surface area contributed by atoms with Crippen LogP contribution < -0.4 is 10.6 Å². The van der Waals surface area contributed by atoms with E-state index in [4.69, 9.17) is 0 Å². The second-order valence-electron chi connectivity index (χ2n) is 4.56. The molecule has 98 valence electrons. The zero-order valence-electron chi connectivity index (χ0n) is 10.2. The maximum absolute atomic E-state index is 11.1. The van der Waals surface area contributed by atoms with Crippen molar-refractivity contribution in [1.29, 1.82) is 0 Å². The minimum Gasteiger partial charge on any atom is -0.379 e. The van der Waals surface area contributed by atoms with Crippen LogP contribution in [-0.4, -0.2) is 28.5 Å². The van der Waals surface area contributed by atoms with Crippen LogP contribution in [0, 0.1) is 0 Å². The lowest BCUT2D eigenvalue weighted by Gasteiger charge is -2.24. The van der Waals surface area contributed by atoms with Crippen molar-refractivity contribution in [2.75, 3.05) is 11.9 Å². The Morgan fingerprint density at radius 3 is 3.11 bits per heavy atom. The van der Waals surface area contributed by atoms with Gasteiger partial charge in [-0.1, -0.05) is 0 Å². The molecule has 2 aromatic rings. The zero-order chi connectivity index (χ0) is 13.2. The number of piperidine rings is 1. The first-order valence-electron chi connectivity index (χ1n) is 6.16. The first kappa shape index (κ1) is 12.3. The molecule has 0 saturated carbocycles. The number of carbonyl (C=O) groups excluding carboxylic acids is 1. The molecule has 2 N–H and O–H groups in total. The van der Waals surface area contributed by atoms with Crippen LogP contribution in [0.1, 0.15) is 12.8 Å². The third-order valence-corrected chi connectivity index (χ3v) is 3.60. The van der Waals surface area contributed by atoms with Gasteiger partial charge in [0.1, 0.15) is 5.52 Å². The summed E-state index contributed by atoms with van der Waals surface area (Å²) in [5.41, 5.74) is 2.65. The molecule has 0 spiro atoms. The molecule has 1 fully saturated rings. The van der Waals surface area contributed by atoms with Crippen LogP contribution in [0.25, 0.3) is 11.0 Å². The van der Waals surface area contributed by atoms with E-state index in [1.165, 1.54) is 0 Å². The Balaban J connectivity index is 1.86. The van der Waals surface area contributed by atoms with Crippen molar-refractivity contribution >= 4 is 38.6 Å². The fourth-order valence-corrected chi connectivity index (χ4v) is 2.52. The molecular weight excluding hydrogens is 308 g/mol. The van der Waals surface area contributed by atoms with E-state index < -0.39 is 0 Å².